The second kappa shape index (κ2) is 7.28. The van der Waals surface area contributed by atoms with Crippen molar-refractivity contribution in [2.24, 2.45) is 0 Å². The average molecular weight is 395 g/mol. The molecule has 0 bridgehead atoms. The summed E-state index contributed by atoms with van der Waals surface area (Å²) in [5, 5.41) is 0. The Balaban J connectivity index is 1.62. The number of thiophene rings is 1. The Labute approximate surface area is 150 Å². The van der Waals surface area contributed by atoms with Crippen LogP contribution in [0.4, 0.5) is 5.82 Å². The van der Waals surface area contributed by atoms with Gasteiger partial charge in [-0.25, -0.2) is 9.97 Å². The monoisotopic (exact) mass is 394 g/mol. The van der Waals surface area contributed by atoms with Crippen LogP contribution in [0.2, 0.25) is 0 Å². The topological polar surface area (TPSA) is 32.3 Å². The molecule has 1 fully saturated rings. The van der Waals surface area contributed by atoms with Crippen LogP contribution in [-0.4, -0.2) is 41.0 Å². The summed E-state index contributed by atoms with van der Waals surface area (Å²) in [6.07, 6.45) is 0. The summed E-state index contributed by atoms with van der Waals surface area (Å²) in [4.78, 5) is 15.6. The zero-order valence-corrected chi connectivity index (χ0v) is 16.3. The third-order valence-corrected chi connectivity index (χ3v) is 5.69. The molecule has 1 saturated heterocycles. The summed E-state index contributed by atoms with van der Waals surface area (Å²) in [6, 6.07) is 6.45. The number of aryl methyl sites for hydroxylation is 1. The Kier molecular flexibility index (Phi) is 5.34. The first-order chi connectivity index (χ1) is 11.0. The zero-order chi connectivity index (χ0) is 16.4. The molecule has 0 aromatic carbocycles. The number of anilines is 1. The first-order valence-electron chi connectivity index (χ1n) is 8.08. The molecule has 0 atom stereocenters. The highest BCUT2D eigenvalue weighted by Crippen LogP contribution is 2.24. The van der Waals surface area contributed by atoms with Crippen LogP contribution in [0.25, 0.3) is 0 Å². The van der Waals surface area contributed by atoms with E-state index < -0.39 is 0 Å². The molecule has 1 aliphatic rings. The maximum absolute atomic E-state index is 4.76. The summed E-state index contributed by atoms with van der Waals surface area (Å²) in [5.41, 5.74) is 1.06. The van der Waals surface area contributed by atoms with Crippen molar-refractivity contribution in [3.63, 3.8) is 0 Å². The van der Waals surface area contributed by atoms with Crippen LogP contribution in [-0.2, 0) is 6.54 Å². The fraction of sp³-hybridized carbons (Fsp3) is 0.529. The van der Waals surface area contributed by atoms with Gasteiger partial charge in [-0.05, 0) is 35.0 Å². The van der Waals surface area contributed by atoms with E-state index in [1.54, 1.807) is 0 Å². The fourth-order valence-corrected chi connectivity index (χ4v) is 4.31. The van der Waals surface area contributed by atoms with E-state index in [0.29, 0.717) is 5.92 Å². The van der Waals surface area contributed by atoms with Crippen molar-refractivity contribution in [3.8, 4) is 0 Å². The lowest BCUT2D eigenvalue weighted by Gasteiger charge is -2.35. The highest BCUT2D eigenvalue weighted by molar-refractivity contribution is 9.11. The molecule has 2 aromatic heterocycles. The summed E-state index contributed by atoms with van der Waals surface area (Å²) in [5.74, 6) is 2.40. The van der Waals surface area contributed by atoms with E-state index in [9.17, 15) is 0 Å². The van der Waals surface area contributed by atoms with Gasteiger partial charge in [-0.1, -0.05) is 13.8 Å². The molecule has 3 heterocycles. The van der Waals surface area contributed by atoms with E-state index >= 15 is 0 Å². The van der Waals surface area contributed by atoms with Gasteiger partial charge in [0, 0.05) is 55.3 Å². The molecule has 0 amide bonds. The van der Waals surface area contributed by atoms with Crippen LogP contribution >= 0.6 is 27.3 Å². The van der Waals surface area contributed by atoms with E-state index in [0.717, 1.165) is 50.1 Å². The quantitative estimate of drug-likeness (QED) is 0.782. The Hall–Kier alpha value is -0.980. The maximum Gasteiger partial charge on any atom is 0.133 e. The van der Waals surface area contributed by atoms with Crippen molar-refractivity contribution in [2.45, 2.75) is 33.2 Å². The lowest BCUT2D eigenvalue weighted by molar-refractivity contribution is 0.251. The van der Waals surface area contributed by atoms with Gasteiger partial charge in [0.2, 0.25) is 0 Å². The highest BCUT2D eigenvalue weighted by atomic mass is 79.9. The van der Waals surface area contributed by atoms with Gasteiger partial charge in [0.15, 0.2) is 0 Å². The molecule has 3 rings (SSSR count). The van der Waals surface area contributed by atoms with Crippen molar-refractivity contribution in [3.05, 3.63) is 38.4 Å². The number of rotatable bonds is 4. The second-order valence-corrected chi connectivity index (χ2v) is 8.90. The minimum atomic E-state index is 0.368. The molecular weight excluding hydrogens is 372 g/mol. The van der Waals surface area contributed by atoms with Crippen molar-refractivity contribution in [1.82, 2.24) is 14.9 Å². The summed E-state index contributed by atoms with van der Waals surface area (Å²) >= 11 is 5.37. The van der Waals surface area contributed by atoms with E-state index in [-0.39, 0.29) is 0 Å². The molecule has 0 spiro atoms. The van der Waals surface area contributed by atoms with E-state index in [4.69, 9.17) is 4.98 Å². The normalized spacial score (nSPS) is 16.3. The molecule has 4 nitrogen and oxygen atoms in total. The van der Waals surface area contributed by atoms with E-state index in [1.807, 2.05) is 11.3 Å². The molecule has 23 heavy (non-hydrogen) atoms. The summed E-state index contributed by atoms with van der Waals surface area (Å²) in [7, 11) is 0. The van der Waals surface area contributed by atoms with Gasteiger partial charge in [0.1, 0.15) is 11.6 Å². The Morgan fingerprint density at radius 2 is 1.91 bits per heavy atom. The molecule has 1 aliphatic heterocycles. The lowest BCUT2D eigenvalue weighted by atomic mass is 10.2. The first kappa shape index (κ1) is 16.9. The van der Waals surface area contributed by atoms with Gasteiger partial charge in [-0.2, -0.15) is 0 Å². The molecule has 0 aliphatic carbocycles. The van der Waals surface area contributed by atoms with Crippen molar-refractivity contribution < 1.29 is 0 Å². The minimum Gasteiger partial charge on any atom is -0.354 e. The van der Waals surface area contributed by atoms with Gasteiger partial charge in [0.05, 0.1) is 3.79 Å². The fourth-order valence-electron chi connectivity index (χ4n) is 2.79. The molecule has 0 radical (unpaired) electrons. The number of aromatic nitrogens is 2. The molecule has 6 heteroatoms. The summed E-state index contributed by atoms with van der Waals surface area (Å²) in [6.45, 7) is 11.6. The number of nitrogens with zero attached hydrogens (tertiary/aromatic N) is 4. The van der Waals surface area contributed by atoms with E-state index in [2.05, 4.69) is 69.7 Å². The largest absolute Gasteiger partial charge is 0.354 e. The molecule has 124 valence electrons. The third kappa shape index (κ3) is 4.31. The Morgan fingerprint density at radius 1 is 1.17 bits per heavy atom. The van der Waals surface area contributed by atoms with Gasteiger partial charge in [-0.15, -0.1) is 11.3 Å². The SMILES string of the molecule is Cc1cc(N2CCN(Cc3ccc(Br)s3)CC2)nc(C(C)C)n1. The number of piperazine rings is 1. The van der Waals surface area contributed by atoms with Crippen LogP contribution in [0.15, 0.2) is 22.0 Å². The highest BCUT2D eigenvalue weighted by Gasteiger charge is 2.20. The minimum absolute atomic E-state index is 0.368. The molecule has 2 aromatic rings. The standard InChI is InChI=1S/C17H23BrN4S/c1-12(2)17-19-13(3)10-16(20-17)22-8-6-21(7-9-22)11-14-4-5-15(18)23-14/h4-5,10,12H,6-9,11H2,1-3H3. The van der Waals surface area contributed by atoms with Crippen LogP contribution < -0.4 is 4.90 Å². The number of hydrogen-bond donors (Lipinski definition) is 0. The smallest absolute Gasteiger partial charge is 0.133 e. The van der Waals surface area contributed by atoms with E-state index in [1.165, 1.54) is 8.66 Å². The number of halogens is 1. The van der Waals surface area contributed by atoms with Crippen LogP contribution in [0, 0.1) is 6.92 Å². The van der Waals surface area contributed by atoms with Crippen LogP contribution in [0.1, 0.15) is 36.2 Å². The zero-order valence-electron chi connectivity index (χ0n) is 13.9. The van der Waals surface area contributed by atoms with Gasteiger partial charge < -0.3 is 4.90 Å². The average Bonchev–Trinajstić information content (AvgIpc) is 2.92. The third-order valence-electron chi connectivity index (χ3n) is 4.08. The van der Waals surface area contributed by atoms with Crippen molar-refractivity contribution in [2.75, 3.05) is 31.1 Å². The van der Waals surface area contributed by atoms with Crippen LogP contribution in [0.5, 0.6) is 0 Å². The van der Waals surface area contributed by atoms with Gasteiger partial charge in [0.25, 0.3) is 0 Å². The maximum atomic E-state index is 4.76. The number of hydrogen-bond acceptors (Lipinski definition) is 5. The van der Waals surface area contributed by atoms with Crippen molar-refractivity contribution in [1.29, 1.82) is 0 Å². The molecular formula is C17H23BrN4S. The summed E-state index contributed by atoms with van der Waals surface area (Å²) < 4.78 is 1.21. The lowest BCUT2D eigenvalue weighted by Crippen LogP contribution is -2.46. The predicted molar refractivity (Wildman–Crippen MR) is 100 cm³/mol. The predicted octanol–water partition coefficient (Wildman–Crippen LogP) is 4.05. The molecule has 0 saturated carbocycles. The second-order valence-electron chi connectivity index (χ2n) is 6.35. The van der Waals surface area contributed by atoms with Gasteiger partial charge >= 0.3 is 0 Å². The Morgan fingerprint density at radius 3 is 2.52 bits per heavy atom. The molecule has 0 N–H and O–H groups in total. The van der Waals surface area contributed by atoms with Crippen LogP contribution in [0.3, 0.4) is 0 Å². The molecule has 0 unspecified atom stereocenters. The first-order valence-corrected chi connectivity index (χ1v) is 9.69. The Bertz CT molecular complexity index is 662. The van der Waals surface area contributed by atoms with Crippen molar-refractivity contribution >= 4 is 33.1 Å². The van der Waals surface area contributed by atoms with Gasteiger partial charge in [-0.3, -0.25) is 4.90 Å².